The number of imide groups is 2. The zero-order chi connectivity index (χ0) is 31.4. The Kier molecular flexibility index (Phi) is 9.66. The normalized spacial score (nSPS) is 14.1. The summed E-state index contributed by atoms with van der Waals surface area (Å²) >= 11 is 24.3. The number of ether oxygens (including phenoxy) is 3. The quantitative estimate of drug-likeness (QED) is 0.143. The average Bonchev–Trinajstić information content (AvgIpc) is 3.00. The molecule has 4 aromatic rings. The second-order valence-corrected chi connectivity index (χ2v) is 11.1. The van der Waals surface area contributed by atoms with Crippen LogP contribution in [0, 0.1) is 0 Å². The van der Waals surface area contributed by atoms with E-state index in [9.17, 15) is 14.4 Å². The molecule has 0 spiro atoms. The molecule has 1 heterocycles. The molecule has 44 heavy (non-hydrogen) atoms. The van der Waals surface area contributed by atoms with Crippen molar-refractivity contribution >= 4 is 76.0 Å². The molecule has 224 valence electrons. The van der Waals surface area contributed by atoms with E-state index in [0.717, 1.165) is 16.0 Å². The van der Waals surface area contributed by atoms with E-state index < -0.39 is 17.8 Å². The molecule has 0 unspecified atom stereocenters. The van der Waals surface area contributed by atoms with Crippen LogP contribution in [0.15, 0.2) is 84.4 Å². The second-order valence-electron chi connectivity index (χ2n) is 9.42. The molecule has 0 atom stereocenters. The molecule has 0 saturated carbocycles. The van der Waals surface area contributed by atoms with Gasteiger partial charge in [-0.25, -0.2) is 9.69 Å². The minimum absolute atomic E-state index is 0.115. The number of barbiturate groups is 1. The van der Waals surface area contributed by atoms with E-state index in [2.05, 4.69) is 5.32 Å². The van der Waals surface area contributed by atoms with Gasteiger partial charge in [0.05, 0.1) is 22.8 Å². The molecule has 8 nitrogen and oxygen atoms in total. The highest BCUT2D eigenvalue weighted by molar-refractivity contribution is 6.42. The van der Waals surface area contributed by atoms with Crippen LogP contribution in [-0.4, -0.2) is 25.0 Å². The molecule has 0 aromatic heterocycles. The van der Waals surface area contributed by atoms with Gasteiger partial charge in [-0.3, -0.25) is 14.9 Å². The molecule has 0 bridgehead atoms. The summed E-state index contributed by atoms with van der Waals surface area (Å²) < 4.78 is 17.1. The highest BCUT2D eigenvalue weighted by Crippen LogP contribution is 2.31. The lowest BCUT2D eigenvalue weighted by Gasteiger charge is -2.26. The van der Waals surface area contributed by atoms with Crippen molar-refractivity contribution in [2.75, 3.05) is 12.0 Å². The van der Waals surface area contributed by atoms with Gasteiger partial charge in [-0.05, 0) is 72.3 Å². The number of rotatable bonds is 9. The Balaban J connectivity index is 1.36. The van der Waals surface area contributed by atoms with Gasteiger partial charge in [-0.1, -0.05) is 58.5 Å². The number of urea groups is 1. The van der Waals surface area contributed by atoms with Crippen molar-refractivity contribution < 1.29 is 28.6 Å². The van der Waals surface area contributed by atoms with Gasteiger partial charge in [0.2, 0.25) is 0 Å². The van der Waals surface area contributed by atoms with Gasteiger partial charge in [0.15, 0.2) is 0 Å². The lowest BCUT2D eigenvalue weighted by Crippen LogP contribution is -2.54. The van der Waals surface area contributed by atoms with Crippen molar-refractivity contribution in [1.82, 2.24) is 5.32 Å². The average molecular weight is 672 g/mol. The minimum Gasteiger partial charge on any atom is -0.497 e. The first-order valence-electron chi connectivity index (χ1n) is 13.0. The van der Waals surface area contributed by atoms with Crippen LogP contribution in [0.2, 0.25) is 20.1 Å². The SMILES string of the molecule is COc1ccc(/C=C2\C(=O)NC(=O)N(c3ccc(OCc4ccc(Cl)cc4Cl)cc3)C2=O)c(OCc2ccc(Cl)c(Cl)c2)c1. The Labute approximate surface area is 272 Å². The minimum atomic E-state index is -0.885. The van der Waals surface area contributed by atoms with E-state index in [1.165, 1.54) is 25.3 Å². The standard InChI is InChI=1S/C32H22Cl4N2O6/c1-42-24-8-4-19(29(15-24)44-16-18-2-11-26(34)28(36)12-18)13-25-30(39)37-32(41)38(31(25)40)22-6-9-23(10-7-22)43-17-20-3-5-21(33)14-27(20)35/h2-15H,16-17H2,1H3,(H,37,39,41)/b25-13+. The lowest BCUT2D eigenvalue weighted by atomic mass is 10.1. The van der Waals surface area contributed by atoms with Gasteiger partial charge in [-0.2, -0.15) is 0 Å². The van der Waals surface area contributed by atoms with Crippen molar-refractivity contribution in [3.8, 4) is 17.2 Å². The number of carbonyl (C=O) groups excluding carboxylic acids is 3. The summed E-state index contributed by atoms with van der Waals surface area (Å²) in [6, 6.07) is 20.4. The molecule has 0 aliphatic carbocycles. The predicted molar refractivity (Wildman–Crippen MR) is 170 cm³/mol. The van der Waals surface area contributed by atoms with Crippen LogP contribution in [0.5, 0.6) is 17.2 Å². The van der Waals surface area contributed by atoms with E-state index in [4.69, 9.17) is 60.6 Å². The fourth-order valence-electron chi connectivity index (χ4n) is 4.22. The van der Waals surface area contributed by atoms with E-state index in [0.29, 0.717) is 42.9 Å². The summed E-state index contributed by atoms with van der Waals surface area (Å²) in [5.74, 6) is -0.366. The molecular formula is C32H22Cl4N2O6. The number of carbonyl (C=O) groups is 3. The zero-order valence-electron chi connectivity index (χ0n) is 22.9. The van der Waals surface area contributed by atoms with Crippen molar-refractivity contribution in [2.24, 2.45) is 0 Å². The molecule has 5 rings (SSSR count). The molecule has 1 aliphatic rings. The van der Waals surface area contributed by atoms with Crippen LogP contribution < -0.4 is 24.4 Å². The molecule has 1 saturated heterocycles. The van der Waals surface area contributed by atoms with Gasteiger partial charge in [-0.15, -0.1) is 0 Å². The first-order valence-corrected chi connectivity index (χ1v) is 14.5. The maximum atomic E-state index is 13.5. The van der Waals surface area contributed by atoms with Crippen LogP contribution in [-0.2, 0) is 22.8 Å². The highest BCUT2D eigenvalue weighted by atomic mass is 35.5. The molecule has 1 aliphatic heterocycles. The smallest absolute Gasteiger partial charge is 0.335 e. The van der Waals surface area contributed by atoms with E-state index in [-0.39, 0.29) is 24.5 Å². The summed E-state index contributed by atoms with van der Waals surface area (Å²) in [5.41, 5.74) is 1.84. The monoisotopic (exact) mass is 670 g/mol. The number of benzene rings is 4. The second kappa shape index (κ2) is 13.6. The number of hydrogen-bond acceptors (Lipinski definition) is 6. The van der Waals surface area contributed by atoms with Gasteiger partial charge in [0.1, 0.15) is 36.0 Å². The summed E-state index contributed by atoms with van der Waals surface area (Å²) in [6.07, 6.45) is 1.36. The van der Waals surface area contributed by atoms with Crippen molar-refractivity contribution in [1.29, 1.82) is 0 Å². The summed E-state index contributed by atoms with van der Waals surface area (Å²) in [7, 11) is 1.50. The van der Waals surface area contributed by atoms with Gasteiger partial charge in [0, 0.05) is 27.2 Å². The highest BCUT2D eigenvalue weighted by Gasteiger charge is 2.37. The van der Waals surface area contributed by atoms with Crippen molar-refractivity contribution in [2.45, 2.75) is 13.2 Å². The first-order chi connectivity index (χ1) is 21.1. The van der Waals surface area contributed by atoms with Crippen LogP contribution >= 0.6 is 46.4 Å². The third-order valence-corrected chi connectivity index (χ3v) is 7.83. The largest absolute Gasteiger partial charge is 0.497 e. The maximum absolute atomic E-state index is 13.5. The van der Waals surface area contributed by atoms with Crippen LogP contribution in [0.1, 0.15) is 16.7 Å². The number of nitrogens with zero attached hydrogens (tertiary/aromatic N) is 1. The van der Waals surface area contributed by atoms with E-state index in [1.807, 2.05) is 0 Å². The Morgan fingerprint density at radius 3 is 2.20 bits per heavy atom. The molecule has 0 radical (unpaired) electrons. The van der Waals surface area contributed by atoms with E-state index in [1.54, 1.807) is 66.7 Å². The molecule has 4 aromatic carbocycles. The molecule has 12 heteroatoms. The third-order valence-electron chi connectivity index (χ3n) is 6.50. The maximum Gasteiger partial charge on any atom is 0.335 e. The summed E-state index contributed by atoms with van der Waals surface area (Å²) in [5, 5.41) is 3.99. The summed E-state index contributed by atoms with van der Waals surface area (Å²) in [6.45, 7) is 0.292. The van der Waals surface area contributed by atoms with Gasteiger partial charge in [0.25, 0.3) is 11.8 Å². The number of nitrogens with one attached hydrogen (secondary N) is 1. The predicted octanol–water partition coefficient (Wildman–Crippen LogP) is 8.13. The Hall–Kier alpha value is -4.21. The Morgan fingerprint density at radius 1 is 0.750 bits per heavy atom. The van der Waals surface area contributed by atoms with Crippen molar-refractivity contribution in [3.05, 3.63) is 121 Å². The van der Waals surface area contributed by atoms with Crippen molar-refractivity contribution in [3.63, 3.8) is 0 Å². The van der Waals surface area contributed by atoms with Crippen LogP contribution in [0.3, 0.4) is 0 Å². The molecule has 1 fully saturated rings. The zero-order valence-corrected chi connectivity index (χ0v) is 25.9. The molecule has 1 N–H and O–H groups in total. The fraction of sp³-hybridized carbons (Fsp3) is 0.0938. The lowest BCUT2D eigenvalue weighted by molar-refractivity contribution is -0.122. The van der Waals surface area contributed by atoms with Gasteiger partial charge < -0.3 is 14.2 Å². The Morgan fingerprint density at radius 2 is 1.50 bits per heavy atom. The molecule has 4 amide bonds. The van der Waals surface area contributed by atoms with Crippen LogP contribution in [0.25, 0.3) is 6.08 Å². The number of anilines is 1. The van der Waals surface area contributed by atoms with Crippen LogP contribution in [0.4, 0.5) is 10.5 Å². The Bertz CT molecular complexity index is 1790. The number of halogens is 4. The summed E-state index contributed by atoms with van der Waals surface area (Å²) in [4.78, 5) is 40.0. The van der Waals surface area contributed by atoms with Gasteiger partial charge >= 0.3 is 6.03 Å². The number of hydrogen-bond donors (Lipinski definition) is 1. The van der Waals surface area contributed by atoms with E-state index >= 15 is 0 Å². The molecular weight excluding hydrogens is 650 g/mol. The number of methoxy groups -OCH3 is 1. The third kappa shape index (κ3) is 7.11. The number of amides is 4. The first kappa shape index (κ1) is 31.2. The topological polar surface area (TPSA) is 94.2 Å². The fourth-order valence-corrected chi connectivity index (χ4v) is 5.00.